The van der Waals surface area contributed by atoms with Crippen LogP contribution in [-0.2, 0) is 4.74 Å². The second kappa shape index (κ2) is 12.4. The van der Waals surface area contributed by atoms with Gasteiger partial charge in [0.25, 0.3) is 0 Å². The van der Waals surface area contributed by atoms with E-state index in [0.717, 1.165) is 19.6 Å². The van der Waals surface area contributed by atoms with Crippen molar-refractivity contribution >= 4 is 0 Å². The fourth-order valence-electron chi connectivity index (χ4n) is 1.97. The molecular formula is C17H38N2O2. The van der Waals surface area contributed by atoms with Crippen molar-refractivity contribution in [1.29, 1.82) is 0 Å². The number of unbranched alkanes of at least 4 members (excludes halogenated alkanes) is 5. The Morgan fingerprint density at radius 2 is 1.71 bits per heavy atom. The molecule has 21 heavy (non-hydrogen) atoms. The topological polar surface area (TPSA) is 44.7 Å². The number of aliphatic hydroxyl groups excluding tert-OH is 1. The highest BCUT2D eigenvalue weighted by atomic mass is 16.5. The van der Waals surface area contributed by atoms with Crippen molar-refractivity contribution in [2.75, 3.05) is 40.4 Å². The highest BCUT2D eigenvalue weighted by Crippen LogP contribution is 2.07. The van der Waals surface area contributed by atoms with Gasteiger partial charge in [-0.1, -0.05) is 39.0 Å². The molecule has 0 saturated heterocycles. The van der Waals surface area contributed by atoms with Crippen LogP contribution in [0.15, 0.2) is 0 Å². The van der Waals surface area contributed by atoms with Crippen LogP contribution in [0.3, 0.4) is 0 Å². The van der Waals surface area contributed by atoms with E-state index in [1.54, 1.807) is 0 Å². The second-order valence-corrected chi connectivity index (χ2v) is 6.83. The van der Waals surface area contributed by atoms with Crippen LogP contribution in [0.5, 0.6) is 0 Å². The predicted molar refractivity (Wildman–Crippen MR) is 90.8 cm³/mol. The summed E-state index contributed by atoms with van der Waals surface area (Å²) in [7, 11) is 4.14. The molecule has 128 valence electrons. The lowest BCUT2D eigenvalue weighted by Gasteiger charge is -2.33. The maximum atomic E-state index is 9.86. The zero-order valence-electron chi connectivity index (χ0n) is 15.0. The summed E-state index contributed by atoms with van der Waals surface area (Å²) in [6.07, 6.45) is 7.21. The summed E-state index contributed by atoms with van der Waals surface area (Å²) in [6.45, 7) is 9.25. The van der Waals surface area contributed by atoms with E-state index >= 15 is 0 Å². The third kappa shape index (κ3) is 12.1. The average molecular weight is 303 g/mol. The van der Waals surface area contributed by atoms with Gasteiger partial charge in [0.15, 0.2) is 0 Å². The highest BCUT2D eigenvalue weighted by molar-refractivity contribution is 4.80. The number of likely N-dealkylation sites (N-methyl/N-ethyl adjacent to an activating group) is 1. The van der Waals surface area contributed by atoms with Crippen molar-refractivity contribution in [3.05, 3.63) is 0 Å². The third-order valence-electron chi connectivity index (χ3n) is 4.10. The molecule has 0 aliphatic heterocycles. The molecular weight excluding hydrogens is 264 g/mol. The maximum Gasteiger partial charge on any atom is 0.0897 e. The SMILES string of the molecule is CCCCCCCCOCC(O)CNCC(C)(C)N(C)C. The van der Waals surface area contributed by atoms with Gasteiger partial charge in [-0.25, -0.2) is 0 Å². The smallest absolute Gasteiger partial charge is 0.0897 e. The van der Waals surface area contributed by atoms with E-state index in [4.69, 9.17) is 4.74 Å². The lowest BCUT2D eigenvalue weighted by Crippen LogP contribution is -2.48. The van der Waals surface area contributed by atoms with Crippen LogP contribution >= 0.6 is 0 Å². The lowest BCUT2D eigenvalue weighted by atomic mass is 10.0. The van der Waals surface area contributed by atoms with Crippen LogP contribution in [0.2, 0.25) is 0 Å². The number of aliphatic hydroxyl groups is 1. The highest BCUT2D eigenvalue weighted by Gasteiger charge is 2.19. The number of nitrogens with zero attached hydrogens (tertiary/aromatic N) is 1. The predicted octanol–water partition coefficient (Wildman–Crippen LogP) is 2.65. The Hall–Kier alpha value is -0.160. The molecule has 0 saturated carbocycles. The summed E-state index contributed by atoms with van der Waals surface area (Å²) >= 11 is 0. The fraction of sp³-hybridized carbons (Fsp3) is 1.00. The van der Waals surface area contributed by atoms with Gasteiger partial charge in [0, 0.05) is 25.2 Å². The van der Waals surface area contributed by atoms with Gasteiger partial charge in [0.1, 0.15) is 0 Å². The van der Waals surface area contributed by atoms with Crippen LogP contribution in [0.4, 0.5) is 0 Å². The van der Waals surface area contributed by atoms with E-state index in [9.17, 15) is 5.11 Å². The Morgan fingerprint density at radius 3 is 2.33 bits per heavy atom. The summed E-state index contributed by atoms with van der Waals surface area (Å²) in [5, 5.41) is 13.2. The Morgan fingerprint density at radius 1 is 1.10 bits per heavy atom. The van der Waals surface area contributed by atoms with Gasteiger partial charge >= 0.3 is 0 Å². The molecule has 0 aromatic rings. The molecule has 1 unspecified atom stereocenters. The normalized spacial score (nSPS) is 13.9. The fourth-order valence-corrected chi connectivity index (χ4v) is 1.97. The van der Waals surface area contributed by atoms with Crippen LogP contribution in [-0.4, -0.2) is 62.0 Å². The molecule has 0 aliphatic carbocycles. The standard InChI is InChI=1S/C17H38N2O2/c1-6-7-8-9-10-11-12-21-14-16(20)13-18-15-17(2,3)19(4)5/h16,18,20H,6-15H2,1-5H3. The van der Waals surface area contributed by atoms with E-state index in [-0.39, 0.29) is 5.54 Å². The van der Waals surface area contributed by atoms with Gasteiger partial charge in [-0.2, -0.15) is 0 Å². The first-order chi connectivity index (χ1) is 9.90. The lowest BCUT2D eigenvalue weighted by molar-refractivity contribution is 0.0337. The van der Waals surface area contributed by atoms with E-state index in [0.29, 0.717) is 13.2 Å². The second-order valence-electron chi connectivity index (χ2n) is 6.83. The number of ether oxygens (including phenoxy) is 1. The minimum Gasteiger partial charge on any atom is -0.389 e. The van der Waals surface area contributed by atoms with Crippen molar-refractivity contribution < 1.29 is 9.84 Å². The molecule has 0 heterocycles. The quantitative estimate of drug-likeness (QED) is 0.484. The largest absolute Gasteiger partial charge is 0.389 e. The summed E-state index contributed by atoms with van der Waals surface area (Å²) in [5.74, 6) is 0. The summed E-state index contributed by atoms with van der Waals surface area (Å²) < 4.78 is 5.53. The van der Waals surface area contributed by atoms with Crippen molar-refractivity contribution in [1.82, 2.24) is 10.2 Å². The molecule has 0 fully saturated rings. The summed E-state index contributed by atoms with van der Waals surface area (Å²) in [5.41, 5.74) is 0.0963. The molecule has 0 aromatic carbocycles. The Labute approximate surface area is 132 Å². The van der Waals surface area contributed by atoms with Crippen LogP contribution < -0.4 is 5.32 Å². The molecule has 0 amide bonds. The minimum atomic E-state index is -0.414. The van der Waals surface area contributed by atoms with Crippen molar-refractivity contribution in [2.24, 2.45) is 0 Å². The molecule has 0 spiro atoms. The van der Waals surface area contributed by atoms with Crippen molar-refractivity contribution in [3.63, 3.8) is 0 Å². The zero-order chi connectivity index (χ0) is 16.1. The Kier molecular flexibility index (Phi) is 12.3. The summed E-state index contributed by atoms with van der Waals surface area (Å²) in [6, 6.07) is 0. The molecule has 0 aliphatic rings. The average Bonchev–Trinajstić information content (AvgIpc) is 2.41. The maximum absolute atomic E-state index is 9.86. The molecule has 4 nitrogen and oxygen atoms in total. The van der Waals surface area contributed by atoms with Gasteiger partial charge in [-0.05, 0) is 34.4 Å². The van der Waals surface area contributed by atoms with E-state index in [2.05, 4.69) is 45.1 Å². The Balaban J connectivity index is 3.41. The third-order valence-corrected chi connectivity index (χ3v) is 4.10. The molecule has 0 bridgehead atoms. The molecule has 4 heteroatoms. The first-order valence-corrected chi connectivity index (χ1v) is 8.54. The van der Waals surface area contributed by atoms with Crippen LogP contribution in [0.1, 0.15) is 59.3 Å². The number of hydrogen-bond donors (Lipinski definition) is 2. The van der Waals surface area contributed by atoms with Gasteiger partial charge in [-0.15, -0.1) is 0 Å². The number of nitrogens with one attached hydrogen (secondary N) is 1. The molecule has 2 N–H and O–H groups in total. The summed E-state index contributed by atoms with van der Waals surface area (Å²) in [4.78, 5) is 2.18. The van der Waals surface area contributed by atoms with Gasteiger partial charge in [0.2, 0.25) is 0 Å². The van der Waals surface area contributed by atoms with Gasteiger partial charge in [0.05, 0.1) is 12.7 Å². The number of hydrogen-bond acceptors (Lipinski definition) is 4. The van der Waals surface area contributed by atoms with E-state index < -0.39 is 6.10 Å². The first-order valence-electron chi connectivity index (χ1n) is 8.54. The van der Waals surface area contributed by atoms with E-state index in [1.165, 1.54) is 32.1 Å². The van der Waals surface area contributed by atoms with Crippen molar-refractivity contribution in [2.45, 2.75) is 70.9 Å². The monoisotopic (exact) mass is 302 g/mol. The number of rotatable bonds is 14. The van der Waals surface area contributed by atoms with E-state index in [1.807, 2.05) is 0 Å². The Bertz CT molecular complexity index is 233. The van der Waals surface area contributed by atoms with Crippen molar-refractivity contribution in [3.8, 4) is 0 Å². The molecule has 0 aromatic heterocycles. The van der Waals surface area contributed by atoms with Gasteiger partial charge < -0.3 is 20.1 Å². The van der Waals surface area contributed by atoms with Crippen LogP contribution in [0.25, 0.3) is 0 Å². The molecule has 1 atom stereocenters. The van der Waals surface area contributed by atoms with Crippen LogP contribution in [0, 0.1) is 0 Å². The molecule has 0 rings (SSSR count). The van der Waals surface area contributed by atoms with Gasteiger partial charge in [-0.3, -0.25) is 0 Å². The zero-order valence-corrected chi connectivity index (χ0v) is 15.0. The molecule has 0 radical (unpaired) electrons. The first kappa shape index (κ1) is 20.8. The minimum absolute atomic E-state index is 0.0963.